The Hall–Kier alpha value is -4.24. The van der Waals surface area contributed by atoms with E-state index in [2.05, 4.69) is 36.6 Å². The lowest BCUT2D eigenvalue weighted by Crippen LogP contribution is -2.31. The summed E-state index contributed by atoms with van der Waals surface area (Å²) in [6.07, 6.45) is 2.18. The van der Waals surface area contributed by atoms with Crippen molar-refractivity contribution >= 4 is 29.3 Å². The first kappa shape index (κ1) is 29.3. The quantitative estimate of drug-likeness (QED) is 0.133. The van der Waals surface area contributed by atoms with Crippen LogP contribution >= 0.6 is 11.8 Å². The van der Waals surface area contributed by atoms with Crippen molar-refractivity contribution < 1.29 is 14.3 Å². The monoisotopic (exact) mass is 583 g/mol. The highest BCUT2D eigenvalue weighted by molar-refractivity contribution is 7.99. The zero-order valence-corrected chi connectivity index (χ0v) is 25.3. The molecule has 0 radical (unpaired) electrons. The molecule has 0 spiro atoms. The number of carbonyl (C=O) groups excluding carboxylic acids is 1. The summed E-state index contributed by atoms with van der Waals surface area (Å²) in [6, 6.07) is 23.0. The van der Waals surface area contributed by atoms with Crippen LogP contribution in [0.3, 0.4) is 0 Å². The number of hydrogen-bond acceptors (Lipinski definition) is 7. The summed E-state index contributed by atoms with van der Waals surface area (Å²) in [4.78, 5) is 18.6. The van der Waals surface area contributed by atoms with Crippen LogP contribution in [0.25, 0.3) is 0 Å². The van der Waals surface area contributed by atoms with Gasteiger partial charge in [-0.1, -0.05) is 79.2 Å². The largest absolute Gasteiger partial charge is 0.490 e. The molecule has 0 fully saturated rings. The van der Waals surface area contributed by atoms with Crippen LogP contribution < -0.4 is 20.1 Å². The van der Waals surface area contributed by atoms with E-state index in [0.29, 0.717) is 41.4 Å². The maximum absolute atomic E-state index is 13.8. The number of thioether (sulfide) groups is 1. The fraction of sp³-hybridized carbons (Fsp3) is 0.303. The van der Waals surface area contributed by atoms with Gasteiger partial charge >= 0.3 is 0 Å². The zero-order chi connectivity index (χ0) is 29.5. The molecule has 0 saturated carbocycles. The number of ether oxygens (including phenoxy) is 2. The molecule has 1 atom stereocenters. The van der Waals surface area contributed by atoms with Gasteiger partial charge in [0, 0.05) is 17.1 Å². The van der Waals surface area contributed by atoms with E-state index in [-0.39, 0.29) is 5.91 Å². The SMILES string of the molecule is CCCCSc1nc2n(n1)C(c1ccc(OCc3cccc(C)c3)c(OCC)c1)C(C(=O)Nc1ccccc1)=C(C)N2. The van der Waals surface area contributed by atoms with Crippen molar-refractivity contribution in [3.8, 4) is 11.5 Å². The van der Waals surface area contributed by atoms with Gasteiger partial charge in [0.15, 0.2) is 11.5 Å². The van der Waals surface area contributed by atoms with Crippen molar-refractivity contribution in [1.29, 1.82) is 0 Å². The number of nitrogens with one attached hydrogen (secondary N) is 2. The predicted octanol–water partition coefficient (Wildman–Crippen LogP) is 7.38. The summed E-state index contributed by atoms with van der Waals surface area (Å²) in [7, 11) is 0. The van der Waals surface area contributed by atoms with Crippen LogP contribution in [0.4, 0.5) is 11.6 Å². The molecule has 2 heterocycles. The van der Waals surface area contributed by atoms with Gasteiger partial charge in [-0.2, -0.15) is 4.98 Å². The van der Waals surface area contributed by atoms with E-state index in [4.69, 9.17) is 19.6 Å². The predicted molar refractivity (Wildman–Crippen MR) is 168 cm³/mol. The topological polar surface area (TPSA) is 90.3 Å². The molecule has 1 aliphatic heterocycles. The number of hydrogen-bond donors (Lipinski definition) is 2. The molecule has 1 unspecified atom stereocenters. The maximum Gasteiger partial charge on any atom is 0.255 e. The maximum atomic E-state index is 13.8. The number of nitrogens with zero attached hydrogens (tertiary/aromatic N) is 3. The standard InChI is InChI=1S/C33H37N5O3S/c1-5-7-18-42-33-36-32-34-23(4)29(31(39)35-26-14-9-8-10-15-26)30(38(32)37-33)25-16-17-27(28(20-25)40-6-2)41-21-24-13-11-12-22(3)19-24/h8-17,19-20,30H,5-7,18,21H2,1-4H3,(H,35,39)(H,34,36,37). The molecule has 2 N–H and O–H groups in total. The van der Waals surface area contributed by atoms with Crippen molar-refractivity contribution in [3.05, 3.63) is 101 Å². The molecule has 5 rings (SSSR count). The molecule has 1 aromatic heterocycles. The molecule has 3 aromatic carbocycles. The van der Waals surface area contributed by atoms with Crippen LogP contribution in [0.15, 0.2) is 89.2 Å². The molecule has 1 amide bonds. The number of benzene rings is 3. The minimum Gasteiger partial charge on any atom is -0.490 e. The van der Waals surface area contributed by atoms with Crippen LogP contribution in [0.5, 0.6) is 11.5 Å². The van der Waals surface area contributed by atoms with E-state index in [1.165, 1.54) is 5.56 Å². The van der Waals surface area contributed by atoms with Gasteiger partial charge in [-0.25, -0.2) is 4.68 Å². The summed E-state index contributed by atoms with van der Waals surface area (Å²) in [5.74, 6) is 2.57. The first-order valence-electron chi connectivity index (χ1n) is 14.4. The molecule has 0 aliphatic carbocycles. The second-order valence-electron chi connectivity index (χ2n) is 10.2. The van der Waals surface area contributed by atoms with Gasteiger partial charge in [0.05, 0.1) is 12.2 Å². The molecule has 218 valence electrons. The summed E-state index contributed by atoms with van der Waals surface area (Å²) in [5.41, 5.74) is 5.10. The van der Waals surface area contributed by atoms with Crippen molar-refractivity contribution in [3.63, 3.8) is 0 Å². The van der Waals surface area contributed by atoms with Crippen LogP contribution in [-0.2, 0) is 11.4 Å². The molecule has 4 aromatic rings. The number of anilines is 2. The van der Waals surface area contributed by atoms with E-state index in [1.54, 1.807) is 16.4 Å². The van der Waals surface area contributed by atoms with Gasteiger partial charge in [0.25, 0.3) is 5.91 Å². The van der Waals surface area contributed by atoms with Crippen molar-refractivity contribution in [2.75, 3.05) is 23.0 Å². The van der Waals surface area contributed by atoms with E-state index in [1.807, 2.05) is 74.5 Å². The lowest BCUT2D eigenvalue weighted by Gasteiger charge is -2.29. The summed E-state index contributed by atoms with van der Waals surface area (Å²) in [5, 5.41) is 11.9. The Kier molecular flexibility index (Phi) is 9.48. The highest BCUT2D eigenvalue weighted by atomic mass is 32.2. The molecular formula is C33H37N5O3S. The van der Waals surface area contributed by atoms with Crippen LogP contribution in [-0.4, -0.2) is 33.0 Å². The van der Waals surface area contributed by atoms with Crippen molar-refractivity contribution in [2.45, 2.75) is 58.3 Å². The van der Waals surface area contributed by atoms with Gasteiger partial charge in [-0.3, -0.25) is 4.79 Å². The molecule has 8 nitrogen and oxygen atoms in total. The zero-order valence-electron chi connectivity index (χ0n) is 24.5. The first-order valence-corrected chi connectivity index (χ1v) is 15.3. The third-order valence-electron chi connectivity index (χ3n) is 6.90. The average Bonchev–Trinajstić information content (AvgIpc) is 3.38. The number of allylic oxidation sites excluding steroid dienone is 1. The molecular weight excluding hydrogens is 546 g/mol. The third kappa shape index (κ3) is 6.79. The number of fused-ring (bicyclic) bond motifs is 1. The molecule has 0 bridgehead atoms. The number of para-hydroxylation sites is 1. The van der Waals surface area contributed by atoms with E-state index in [0.717, 1.165) is 41.1 Å². The number of carbonyl (C=O) groups is 1. The summed E-state index contributed by atoms with van der Waals surface area (Å²) in [6.45, 7) is 8.97. The summed E-state index contributed by atoms with van der Waals surface area (Å²) >= 11 is 1.62. The van der Waals surface area contributed by atoms with Gasteiger partial charge in [0.1, 0.15) is 12.6 Å². The fourth-order valence-electron chi connectivity index (χ4n) is 4.87. The van der Waals surface area contributed by atoms with Crippen molar-refractivity contribution in [1.82, 2.24) is 14.8 Å². The fourth-order valence-corrected chi connectivity index (χ4v) is 5.78. The smallest absolute Gasteiger partial charge is 0.255 e. The lowest BCUT2D eigenvalue weighted by molar-refractivity contribution is -0.113. The highest BCUT2D eigenvalue weighted by Crippen LogP contribution is 2.40. The Bertz CT molecular complexity index is 1570. The summed E-state index contributed by atoms with van der Waals surface area (Å²) < 4.78 is 14.1. The number of unbranched alkanes of at least 4 members (excludes halogenated alkanes) is 1. The Balaban J connectivity index is 1.51. The minimum atomic E-state index is -0.525. The van der Waals surface area contributed by atoms with E-state index >= 15 is 0 Å². The number of amides is 1. The molecule has 42 heavy (non-hydrogen) atoms. The first-order chi connectivity index (χ1) is 20.5. The number of aromatic nitrogens is 3. The van der Waals surface area contributed by atoms with Gasteiger partial charge < -0.3 is 20.1 Å². The number of aryl methyl sites for hydroxylation is 1. The van der Waals surface area contributed by atoms with E-state index in [9.17, 15) is 4.79 Å². The molecule has 9 heteroatoms. The second-order valence-corrected chi connectivity index (χ2v) is 11.2. The van der Waals surface area contributed by atoms with Crippen LogP contribution in [0.1, 0.15) is 56.3 Å². The highest BCUT2D eigenvalue weighted by Gasteiger charge is 2.35. The Labute approximate surface area is 251 Å². The number of rotatable bonds is 12. The Morgan fingerprint density at radius 1 is 1.00 bits per heavy atom. The lowest BCUT2D eigenvalue weighted by atomic mass is 9.94. The Morgan fingerprint density at radius 2 is 1.83 bits per heavy atom. The van der Waals surface area contributed by atoms with Crippen LogP contribution in [0.2, 0.25) is 0 Å². The normalized spacial score (nSPS) is 14.2. The van der Waals surface area contributed by atoms with E-state index < -0.39 is 6.04 Å². The third-order valence-corrected chi connectivity index (χ3v) is 7.82. The van der Waals surface area contributed by atoms with Crippen LogP contribution in [0, 0.1) is 6.92 Å². The molecule has 0 saturated heterocycles. The average molecular weight is 584 g/mol. The van der Waals surface area contributed by atoms with Crippen molar-refractivity contribution in [2.24, 2.45) is 0 Å². The molecule has 1 aliphatic rings. The minimum absolute atomic E-state index is 0.213. The van der Waals surface area contributed by atoms with Gasteiger partial charge in [-0.15, -0.1) is 5.10 Å². The second kappa shape index (κ2) is 13.6. The van der Waals surface area contributed by atoms with Gasteiger partial charge in [0.2, 0.25) is 11.1 Å². The van der Waals surface area contributed by atoms with Gasteiger partial charge in [-0.05, 0) is 62.6 Å². The Morgan fingerprint density at radius 3 is 2.60 bits per heavy atom.